The second kappa shape index (κ2) is 7.83. The molecule has 1 aliphatic heterocycles. The average Bonchev–Trinajstić information content (AvgIpc) is 2.81. The highest BCUT2D eigenvalue weighted by atomic mass is 32.2. The van der Waals surface area contributed by atoms with Gasteiger partial charge < -0.3 is 10.1 Å². The molecule has 150 valence electrons. The van der Waals surface area contributed by atoms with Crippen LogP contribution in [0.1, 0.15) is 36.1 Å². The lowest BCUT2D eigenvalue weighted by atomic mass is 10.00. The molecule has 1 aliphatic rings. The van der Waals surface area contributed by atoms with Gasteiger partial charge in [0.15, 0.2) is 6.10 Å². The zero-order valence-corrected chi connectivity index (χ0v) is 17.4. The van der Waals surface area contributed by atoms with Crippen LogP contribution in [0.3, 0.4) is 0 Å². The Bertz CT molecular complexity index is 988. The molecule has 0 aliphatic carbocycles. The SMILES string of the molecule is Cc1ccc([C@H](C)NC(=O)[C@H]2CCN(S(C)(=O)=O)c3ccccc3O2)c(C)c1. The smallest absolute Gasteiger partial charge is 0.261 e. The number of fused-ring (bicyclic) bond motifs is 1. The highest BCUT2D eigenvalue weighted by molar-refractivity contribution is 7.92. The molecule has 0 aromatic heterocycles. The topological polar surface area (TPSA) is 75.7 Å². The molecule has 2 aromatic rings. The second-order valence-electron chi connectivity index (χ2n) is 7.29. The molecule has 1 N–H and O–H groups in total. The fourth-order valence-electron chi connectivity index (χ4n) is 3.55. The second-order valence-corrected chi connectivity index (χ2v) is 9.20. The fraction of sp³-hybridized carbons (Fsp3) is 0.381. The summed E-state index contributed by atoms with van der Waals surface area (Å²) in [5, 5.41) is 3.01. The first-order valence-electron chi connectivity index (χ1n) is 9.27. The minimum absolute atomic E-state index is 0.179. The predicted octanol–water partition coefficient (Wildman–Crippen LogP) is 3.10. The Morgan fingerprint density at radius 3 is 2.61 bits per heavy atom. The van der Waals surface area contributed by atoms with E-state index in [1.807, 2.05) is 32.9 Å². The van der Waals surface area contributed by atoms with Crippen molar-refractivity contribution in [1.29, 1.82) is 0 Å². The van der Waals surface area contributed by atoms with E-state index in [-0.39, 0.29) is 24.9 Å². The molecule has 7 heteroatoms. The Hall–Kier alpha value is -2.54. The quantitative estimate of drug-likeness (QED) is 0.853. The molecule has 1 heterocycles. The molecule has 2 aromatic carbocycles. The van der Waals surface area contributed by atoms with Gasteiger partial charge in [-0.1, -0.05) is 35.9 Å². The van der Waals surface area contributed by atoms with E-state index in [2.05, 4.69) is 11.4 Å². The maximum absolute atomic E-state index is 12.9. The molecular formula is C21H26N2O4S. The van der Waals surface area contributed by atoms with Crippen molar-refractivity contribution in [1.82, 2.24) is 5.32 Å². The number of nitrogens with one attached hydrogen (secondary N) is 1. The third kappa shape index (κ3) is 4.30. The Balaban J connectivity index is 1.80. The molecule has 0 unspecified atom stereocenters. The van der Waals surface area contributed by atoms with Gasteiger partial charge in [0.1, 0.15) is 5.75 Å². The van der Waals surface area contributed by atoms with Gasteiger partial charge in [-0.15, -0.1) is 0 Å². The summed E-state index contributed by atoms with van der Waals surface area (Å²) in [6.07, 6.45) is 0.667. The van der Waals surface area contributed by atoms with Crippen LogP contribution >= 0.6 is 0 Å². The van der Waals surface area contributed by atoms with E-state index < -0.39 is 16.1 Å². The highest BCUT2D eigenvalue weighted by Crippen LogP contribution is 2.34. The first-order chi connectivity index (χ1) is 13.2. The summed E-state index contributed by atoms with van der Waals surface area (Å²) in [6, 6.07) is 12.8. The summed E-state index contributed by atoms with van der Waals surface area (Å²) in [7, 11) is -3.47. The van der Waals surface area contributed by atoms with Gasteiger partial charge in [-0.05, 0) is 44.0 Å². The van der Waals surface area contributed by atoms with Gasteiger partial charge in [0.25, 0.3) is 5.91 Å². The monoisotopic (exact) mass is 402 g/mol. The number of anilines is 1. The number of aryl methyl sites for hydroxylation is 2. The van der Waals surface area contributed by atoms with Gasteiger partial charge in [-0.25, -0.2) is 8.42 Å². The lowest BCUT2D eigenvalue weighted by Gasteiger charge is -2.21. The van der Waals surface area contributed by atoms with E-state index in [0.717, 1.165) is 17.4 Å². The summed E-state index contributed by atoms with van der Waals surface area (Å²) >= 11 is 0. The molecule has 0 radical (unpaired) electrons. The van der Waals surface area contributed by atoms with Crippen LogP contribution in [-0.4, -0.2) is 33.2 Å². The molecule has 6 nitrogen and oxygen atoms in total. The third-order valence-corrected chi connectivity index (χ3v) is 6.12. The molecule has 1 amide bonds. The van der Waals surface area contributed by atoms with Crippen molar-refractivity contribution in [2.45, 2.75) is 39.3 Å². The van der Waals surface area contributed by atoms with Crippen LogP contribution in [0, 0.1) is 13.8 Å². The maximum atomic E-state index is 12.9. The Kier molecular flexibility index (Phi) is 5.65. The number of sulfonamides is 1. The number of carbonyl (C=O) groups is 1. The molecule has 0 spiro atoms. The van der Waals surface area contributed by atoms with Crippen molar-refractivity contribution in [2.75, 3.05) is 17.1 Å². The van der Waals surface area contributed by atoms with Gasteiger partial charge >= 0.3 is 0 Å². The highest BCUT2D eigenvalue weighted by Gasteiger charge is 2.31. The Labute approximate surface area is 166 Å². The van der Waals surface area contributed by atoms with E-state index in [4.69, 9.17) is 4.74 Å². The minimum Gasteiger partial charge on any atom is -0.478 e. The van der Waals surface area contributed by atoms with Gasteiger partial charge in [0.05, 0.1) is 18.0 Å². The number of nitrogens with zero attached hydrogens (tertiary/aromatic N) is 1. The van der Waals surface area contributed by atoms with Crippen molar-refractivity contribution in [3.05, 3.63) is 59.2 Å². The van der Waals surface area contributed by atoms with Crippen molar-refractivity contribution in [3.8, 4) is 5.75 Å². The number of carbonyl (C=O) groups excluding carboxylic acids is 1. The van der Waals surface area contributed by atoms with Crippen LogP contribution in [0.15, 0.2) is 42.5 Å². The van der Waals surface area contributed by atoms with E-state index in [0.29, 0.717) is 11.4 Å². The largest absolute Gasteiger partial charge is 0.478 e. The number of ether oxygens (including phenoxy) is 1. The number of hydrogen-bond acceptors (Lipinski definition) is 4. The van der Waals surface area contributed by atoms with Crippen molar-refractivity contribution in [3.63, 3.8) is 0 Å². The number of benzene rings is 2. The van der Waals surface area contributed by atoms with Crippen LogP contribution in [0.5, 0.6) is 5.75 Å². The van der Waals surface area contributed by atoms with Crippen molar-refractivity contribution >= 4 is 21.6 Å². The summed E-state index contributed by atoms with van der Waals surface area (Å²) in [5.74, 6) is 0.141. The van der Waals surface area contributed by atoms with Gasteiger partial charge in [-0.3, -0.25) is 9.10 Å². The Morgan fingerprint density at radius 2 is 1.93 bits per heavy atom. The van der Waals surface area contributed by atoms with Crippen molar-refractivity contribution < 1.29 is 17.9 Å². The normalized spacial score (nSPS) is 17.9. The summed E-state index contributed by atoms with van der Waals surface area (Å²) in [6.45, 7) is 6.17. The third-order valence-electron chi connectivity index (χ3n) is 4.94. The van der Waals surface area contributed by atoms with Crippen LogP contribution in [0.4, 0.5) is 5.69 Å². The molecule has 0 saturated carbocycles. The van der Waals surface area contributed by atoms with Gasteiger partial charge in [-0.2, -0.15) is 0 Å². The zero-order valence-electron chi connectivity index (χ0n) is 16.6. The predicted molar refractivity (Wildman–Crippen MR) is 110 cm³/mol. The van der Waals surface area contributed by atoms with E-state index >= 15 is 0 Å². The standard InChI is InChI=1S/C21H26N2O4S/c1-14-9-10-17(15(2)13-14)16(3)22-21(24)20-11-12-23(28(4,25)26)18-7-5-6-8-19(18)27-20/h5-10,13,16,20H,11-12H2,1-4H3,(H,22,24)/t16-,20+/m0/s1. The van der Waals surface area contributed by atoms with Crippen LogP contribution in [0.2, 0.25) is 0 Å². The van der Waals surface area contributed by atoms with E-state index in [1.54, 1.807) is 24.3 Å². The lowest BCUT2D eigenvalue weighted by Crippen LogP contribution is -2.41. The minimum atomic E-state index is -3.47. The zero-order chi connectivity index (χ0) is 20.5. The fourth-order valence-corrected chi connectivity index (χ4v) is 4.50. The molecule has 2 atom stereocenters. The number of para-hydroxylation sites is 2. The number of rotatable bonds is 4. The van der Waals surface area contributed by atoms with E-state index in [1.165, 1.54) is 9.87 Å². The molecular weight excluding hydrogens is 376 g/mol. The first kappa shape index (κ1) is 20.2. The summed E-state index contributed by atoms with van der Waals surface area (Å²) < 4.78 is 31.6. The number of hydrogen-bond donors (Lipinski definition) is 1. The summed E-state index contributed by atoms with van der Waals surface area (Å²) in [5.41, 5.74) is 3.79. The van der Waals surface area contributed by atoms with Crippen LogP contribution in [0.25, 0.3) is 0 Å². The maximum Gasteiger partial charge on any atom is 0.261 e. The number of amides is 1. The van der Waals surface area contributed by atoms with Crippen molar-refractivity contribution in [2.24, 2.45) is 0 Å². The molecule has 0 bridgehead atoms. The van der Waals surface area contributed by atoms with Crippen LogP contribution < -0.4 is 14.4 Å². The molecule has 0 fully saturated rings. The van der Waals surface area contributed by atoms with E-state index in [9.17, 15) is 13.2 Å². The molecule has 28 heavy (non-hydrogen) atoms. The van der Waals surface area contributed by atoms with Gasteiger partial charge in [0, 0.05) is 13.0 Å². The molecule has 3 rings (SSSR count). The summed E-state index contributed by atoms with van der Waals surface area (Å²) in [4.78, 5) is 12.9. The van der Waals surface area contributed by atoms with Crippen LogP contribution in [-0.2, 0) is 14.8 Å². The average molecular weight is 403 g/mol. The molecule has 0 saturated heterocycles. The lowest BCUT2D eigenvalue weighted by molar-refractivity contribution is -0.128. The Morgan fingerprint density at radius 1 is 1.21 bits per heavy atom. The van der Waals surface area contributed by atoms with Gasteiger partial charge in [0.2, 0.25) is 10.0 Å². The first-order valence-corrected chi connectivity index (χ1v) is 11.1.